The van der Waals surface area contributed by atoms with E-state index in [1.165, 1.54) is 18.3 Å². The number of benzene rings is 1. The van der Waals surface area contributed by atoms with Gasteiger partial charge in [-0.1, -0.05) is 32.0 Å². The molecule has 1 aromatic heterocycles. The molecule has 2 atom stereocenters. The molecule has 0 aliphatic carbocycles. The first-order valence-corrected chi connectivity index (χ1v) is 10.5. The summed E-state index contributed by atoms with van der Waals surface area (Å²) in [6, 6.07) is 8.72. The SMILES string of the molecule is CCN(CC)C(C)C(C(=O)OOC(C)=O)c1cc(C(=O)c2cccs2)ccc1C. The lowest BCUT2D eigenvalue weighted by molar-refractivity contribution is -0.259. The number of rotatable bonds is 8. The topological polar surface area (TPSA) is 72.9 Å². The molecule has 0 aliphatic heterocycles. The van der Waals surface area contributed by atoms with Crippen LogP contribution in [0.15, 0.2) is 35.7 Å². The lowest BCUT2D eigenvalue weighted by Gasteiger charge is -2.32. The fourth-order valence-corrected chi connectivity index (χ4v) is 4.10. The van der Waals surface area contributed by atoms with Gasteiger partial charge in [0.15, 0.2) is 0 Å². The maximum atomic E-state index is 12.9. The summed E-state index contributed by atoms with van der Waals surface area (Å²) in [5.41, 5.74) is 2.05. The van der Waals surface area contributed by atoms with Gasteiger partial charge in [-0.2, -0.15) is 0 Å². The Morgan fingerprint density at radius 2 is 1.79 bits per heavy atom. The summed E-state index contributed by atoms with van der Waals surface area (Å²) >= 11 is 1.37. The van der Waals surface area contributed by atoms with Crippen molar-refractivity contribution in [1.29, 1.82) is 0 Å². The third-order valence-electron chi connectivity index (χ3n) is 4.99. The van der Waals surface area contributed by atoms with Crippen LogP contribution in [0.4, 0.5) is 0 Å². The van der Waals surface area contributed by atoms with E-state index >= 15 is 0 Å². The van der Waals surface area contributed by atoms with Crippen LogP contribution >= 0.6 is 11.3 Å². The van der Waals surface area contributed by atoms with Crippen molar-refractivity contribution in [3.63, 3.8) is 0 Å². The maximum absolute atomic E-state index is 12.9. The smallest absolute Gasteiger partial charge is 0.300 e. The average molecular weight is 418 g/mol. The van der Waals surface area contributed by atoms with Crippen LogP contribution in [0.3, 0.4) is 0 Å². The van der Waals surface area contributed by atoms with Crippen molar-refractivity contribution < 1.29 is 24.2 Å². The zero-order chi connectivity index (χ0) is 21.6. The monoisotopic (exact) mass is 417 g/mol. The molecule has 0 spiro atoms. The molecule has 7 heteroatoms. The lowest BCUT2D eigenvalue weighted by atomic mass is 9.86. The Morgan fingerprint density at radius 1 is 1.10 bits per heavy atom. The zero-order valence-corrected chi connectivity index (χ0v) is 18.2. The van der Waals surface area contributed by atoms with Crippen molar-refractivity contribution in [3.8, 4) is 0 Å². The Hall–Kier alpha value is -2.51. The molecular weight excluding hydrogens is 390 g/mol. The standard InChI is InChI=1S/C22H27NO5S/c1-6-23(7-2)15(4)20(22(26)28-27-16(5)24)18-13-17(11-10-14(18)3)21(25)19-9-8-12-29-19/h8-13,15,20H,6-7H2,1-5H3. The van der Waals surface area contributed by atoms with E-state index in [-0.39, 0.29) is 11.8 Å². The van der Waals surface area contributed by atoms with Gasteiger partial charge in [-0.15, -0.1) is 11.3 Å². The Kier molecular flexibility index (Phi) is 8.10. The van der Waals surface area contributed by atoms with Crippen molar-refractivity contribution in [2.24, 2.45) is 0 Å². The summed E-state index contributed by atoms with van der Waals surface area (Å²) in [6.07, 6.45) is 0. The van der Waals surface area contributed by atoms with E-state index in [1.54, 1.807) is 18.2 Å². The van der Waals surface area contributed by atoms with Gasteiger partial charge in [0.05, 0.1) is 4.88 Å². The zero-order valence-electron chi connectivity index (χ0n) is 17.4. The van der Waals surface area contributed by atoms with Crippen LogP contribution in [0.2, 0.25) is 0 Å². The van der Waals surface area contributed by atoms with Crippen molar-refractivity contribution in [2.75, 3.05) is 13.1 Å². The fraction of sp³-hybridized carbons (Fsp3) is 0.409. The third kappa shape index (κ3) is 5.52. The average Bonchev–Trinajstić information content (AvgIpc) is 3.23. The summed E-state index contributed by atoms with van der Waals surface area (Å²) in [6.45, 7) is 10.5. The van der Waals surface area contributed by atoms with Crippen molar-refractivity contribution in [1.82, 2.24) is 4.90 Å². The van der Waals surface area contributed by atoms with Crippen LogP contribution in [-0.2, 0) is 19.4 Å². The highest BCUT2D eigenvalue weighted by Gasteiger charge is 2.34. The molecule has 0 aliphatic rings. The predicted octanol–water partition coefficient (Wildman–Crippen LogP) is 4.12. The molecular formula is C22H27NO5S. The highest BCUT2D eigenvalue weighted by Crippen LogP contribution is 2.30. The molecule has 2 rings (SSSR count). The Morgan fingerprint density at radius 3 is 2.34 bits per heavy atom. The van der Waals surface area contributed by atoms with Crippen molar-refractivity contribution >= 4 is 29.1 Å². The van der Waals surface area contributed by atoms with Crippen LogP contribution in [0.5, 0.6) is 0 Å². The first kappa shape index (κ1) is 22.8. The van der Waals surface area contributed by atoms with Crippen molar-refractivity contribution in [3.05, 3.63) is 57.3 Å². The van der Waals surface area contributed by atoms with Crippen LogP contribution < -0.4 is 0 Å². The van der Waals surface area contributed by atoms with Gasteiger partial charge < -0.3 is 4.90 Å². The van der Waals surface area contributed by atoms with Crippen LogP contribution in [0.1, 0.15) is 60.0 Å². The van der Waals surface area contributed by atoms with E-state index < -0.39 is 17.9 Å². The summed E-state index contributed by atoms with van der Waals surface area (Å²) in [5, 5.41) is 1.85. The minimum atomic E-state index is -0.717. The summed E-state index contributed by atoms with van der Waals surface area (Å²) in [5.74, 6) is -2.18. The molecule has 0 saturated carbocycles. The molecule has 0 fully saturated rings. The third-order valence-corrected chi connectivity index (χ3v) is 5.86. The number of hydrogen-bond donors (Lipinski definition) is 0. The second-order valence-electron chi connectivity index (χ2n) is 6.79. The fourth-order valence-electron chi connectivity index (χ4n) is 3.41. The van der Waals surface area contributed by atoms with Gasteiger partial charge in [0.2, 0.25) is 5.78 Å². The van der Waals surface area contributed by atoms with Crippen LogP contribution in [0, 0.1) is 6.92 Å². The molecule has 0 N–H and O–H groups in total. The molecule has 2 unspecified atom stereocenters. The Labute approximate surface area is 175 Å². The highest BCUT2D eigenvalue weighted by atomic mass is 32.1. The summed E-state index contributed by atoms with van der Waals surface area (Å²) < 4.78 is 0. The molecule has 1 heterocycles. The van der Waals surface area contributed by atoms with E-state index in [1.807, 2.05) is 45.2 Å². The van der Waals surface area contributed by atoms with E-state index in [2.05, 4.69) is 9.79 Å². The van der Waals surface area contributed by atoms with Gasteiger partial charge in [-0.3, -0.25) is 4.79 Å². The largest absolute Gasteiger partial charge is 0.364 e. The van der Waals surface area contributed by atoms with E-state index in [9.17, 15) is 14.4 Å². The van der Waals surface area contributed by atoms with Gasteiger partial charge >= 0.3 is 11.9 Å². The minimum Gasteiger partial charge on any atom is -0.300 e. The molecule has 0 amide bonds. The molecule has 2 aromatic rings. The van der Waals surface area contributed by atoms with Gasteiger partial charge in [0.1, 0.15) is 5.92 Å². The Bertz CT molecular complexity index is 858. The van der Waals surface area contributed by atoms with Gasteiger partial charge in [-0.05, 0) is 55.6 Å². The number of thiophene rings is 1. The molecule has 29 heavy (non-hydrogen) atoms. The van der Waals surface area contributed by atoms with Crippen LogP contribution in [0.25, 0.3) is 0 Å². The quantitative estimate of drug-likeness (QED) is 0.365. The first-order valence-electron chi connectivity index (χ1n) is 9.61. The molecule has 6 nitrogen and oxygen atoms in total. The van der Waals surface area contributed by atoms with Gasteiger partial charge in [-0.25, -0.2) is 19.4 Å². The number of aryl methyl sites for hydroxylation is 1. The number of hydrogen-bond acceptors (Lipinski definition) is 7. The number of likely N-dealkylation sites (N-methyl/N-ethyl adjacent to an activating group) is 1. The minimum absolute atomic E-state index is 0.0937. The molecule has 1 aromatic carbocycles. The number of nitrogens with zero attached hydrogens (tertiary/aromatic N) is 1. The maximum Gasteiger partial charge on any atom is 0.364 e. The number of ketones is 1. The van der Waals surface area contributed by atoms with E-state index in [0.29, 0.717) is 16.0 Å². The normalized spacial score (nSPS) is 13.0. The molecule has 156 valence electrons. The number of carbonyl (C=O) groups is 3. The summed E-state index contributed by atoms with van der Waals surface area (Å²) in [4.78, 5) is 48.9. The van der Waals surface area contributed by atoms with Gasteiger partial charge in [0.25, 0.3) is 0 Å². The van der Waals surface area contributed by atoms with Crippen molar-refractivity contribution in [2.45, 2.75) is 46.6 Å². The molecule has 0 saturated heterocycles. The van der Waals surface area contributed by atoms with E-state index in [4.69, 9.17) is 4.89 Å². The highest BCUT2D eigenvalue weighted by molar-refractivity contribution is 7.12. The Balaban J connectivity index is 2.48. The summed E-state index contributed by atoms with van der Waals surface area (Å²) in [7, 11) is 0. The molecule has 0 radical (unpaired) electrons. The van der Waals surface area contributed by atoms with E-state index in [0.717, 1.165) is 18.7 Å². The van der Waals surface area contributed by atoms with Gasteiger partial charge in [0, 0.05) is 18.5 Å². The second-order valence-corrected chi connectivity index (χ2v) is 7.74. The first-order chi connectivity index (χ1) is 13.8. The second kappa shape index (κ2) is 10.3. The lowest BCUT2D eigenvalue weighted by Crippen LogP contribution is -2.41. The number of carbonyl (C=O) groups excluding carboxylic acids is 3. The predicted molar refractivity (Wildman–Crippen MR) is 112 cm³/mol. The van der Waals surface area contributed by atoms with Crippen LogP contribution in [-0.4, -0.2) is 41.8 Å². The molecule has 0 bridgehead atoms.